The summed E-state index contributed by atoms with van der Waals surface area (Å²) in [6.07, 6.45) is 3.06. The molecule has 0 spiro atoms. The largest absolute Gasteiger partial charge is 0.487 e. The third kappa shape index (κ3) is 3.03. The first-order chi connectivity index (χ1) is 10.1. The third-order valence-corrected chi connectivity index (χ3v) is 4.61. The van der Waals surface area contributed by atoms with Crippen molar-refractivity contribution >= 4 is 17.4 Å². The Labute approximate surface area is 130 Å². The molecule has 0 aliphatic carbocycles. The van der Waals surface area contributed by atoms with Crippen LogP contribution in [0, 0.1) is 0 Å². The van der Waals surface area contributed by atoms with Gasteiger partial charge in [-0.3, -0.25) is 0 Å². The van der Waals surface area contributed by atoms with Crippen LogP contribution in [0.25, 0.3) is 0 Å². The molecule has 0 bridgehead atoms. The van der Waals surface area contributed by atoms with Gasteiger partial charge in [-0.2, -0.15) is 0 Å². The van der Waals surface area contributed by atoms with Crippen molar-refractivity contribution < 1.29 is 4.74 Å². The molecule has 3 heteroatoms. The summed E-state index contributed by atoms with van der Waals surface area (Å²) in [5, 5.41) is 3.71. The summed E-state index contributed by atoms with van der Waals surface area (Å²) >= 11 is 1.77. The maximum atomic E-state index is 6.10. The van der Waals surface area contributed by atoms with Gasteiger partial charge in [-0.25, -0.2) is 0 Å². The van der Waals surface area contributed by atoms with Crippen molar-refractivity contribution in [2.45, 2.75) is 36.8 Å². The summed E-state index contributed by atoms with van der Waals surface area (Å²) < 4.78 is 6.10. The number of para-hydroxylation sites is 2. The van der Waals surface area contributed by atoms with E-state index in [0.717, 1.165) is 12.2 Å². The van der Waals surface area contributed by atoms with Crippen LogP contribution in [0.4, 0.5) is 5.69 Å². The first-order valence-electron chi connectivity index (χ1n) is 7.26. The fourth-order valence-corrected chi connectivity index (χ4v) is 3.44. The molecule has 2 nitrogen and oxygen atoms in total. The Morgan fingerprint density at radius 2 is 1.81 bits per heavy atom. The van der Waals surface area contributed by atoms with Crippen LogP contribution in [0.2, 0.25) is 0 Å². The molecule has 3 rings (SSSR count). The zero-order valence-corrected chi connectivity index (χ0v) is 13.5. The van der Waals surface area contributed by atoms with Gasteiger partial charge in [0.1, 0.15) is 11.4 Å². The molecule has 1 aliphatic rings. The number of ether oxygens (including phenoxy) is 1. The highest BCUT2D eigenvalue weighted by Crippen LogP contribution is 2.41. The molecule has 21 heavy (non-hydrogen) atoms. The van der Waals surface area contributed by atoms with Crippen LogP contribution in [0.5, 0.6) is 5.75 Å². The number of anilines is 1. The number of thioether (sulfide) groups is 1. The molecule has 1 atom stereocenters. The van der Waals surface area contributed by atoms with Crippen molar-refractivity contribution in [1.29, 1.82) is 0 Å². The summed E-state index contributed by atoms with van der Waals surface area (Å²) in [5.74, 6) is 0.993. The summed E-state index contributed by atoms with van der Waals surface area (Å²) in [6.45, 7) is 4.30. The zero-order chi connectivity index (χ0) is 14.9. The number of benzene rings is 2. The van der Waals surface area contributed by atoms with E-state index >= 15 is 0 Å². The lowest BCUT2D eigenvalue weighted by molar-refractivity contribution is 0.0759. The molecule has 2 aromatic carbocycles. The van der Waals surface area contributed by atoms with E-state index in [4.69, 9.17) is 4.74 Å². The monoisotopic (exact) mass is 299 g/mol. The van der Waals surface area contributed by atoms with Crippen LogP contribution >= 0.6 is 11.8 Å². The standard InChI is InChI=1S/C18H21NOS/c1-18(2)12-15(13-8-4-6-10-16(13)20-18)19-14-9-5-7-11-17(14)21-3/h4-11,15,19H,12H2,1-3H3. The smallest absolute Gasteiger partial charge is 0.125 e. The normalized spacial score (nSPS) is 19.5. The van der Waals surface area contributed by atoms with E-state index in [9.17, 15) is 0 Å². The maximum Gasteiger partial charge on any atom is 0.125 e. The minimum Gasteiger partial charge on any atom is -0.487 e. The van der Waals surface area contributed by atoms with Crippen LogP contribution < -0.4 is 10.1 Å². The van der Waals surface area contributed by atoms with Crippen LogP contribution in [0.1, 0.15) is 31.9 Å². The molecule has 2 aromatic rings. The number of nitrogens with one attached hydrogen (secondary N) is 1. The summed E-state index contributed by atoms with van der Waals surface area (Å²) in [6, 6.07) is 17.1. The van der Waals surface area contributed by atoms with Gasteiger partial charge in [0.05, 0.1) is 6.04 Å². The average Bonchev–Trinajstić information content (AvgIpc) is 2.46. The second-order valence-electron chi connectivity index (χ2n) is 6.00. The van der Waals surface area contributed by atoms with Crippen molar-refractivity contribution in [2.75, 3.05) is 11.6 Å². The predicted molar refractivity (Wildman–Crippen MR) is 90.4 cm³/mol. The molecule has 0 saturated carbocycles. The van der Waals surface area contributed by atoms with Crippen LogP contribution in [0.15, 0.2) is 53.4 Å². The van der Waals surface area contributed by atoms with Gasteiger partial charge in [-0.05, 0) is 38.3 Å². The Morgan fingerprint density at radius 3 is 2.62 bits per heavy atom. The van der Waals surface area contributed by atoms with Crippen LogP contribution in [-0.2, 0) is 0 Å². The van der Waals surface area contributed by atoms with E-state index in [0.29, 0.717) is 0 Å². The fraction of sp³-hybridized carbons (Fsp3) is 0.333. The van der Waals surface area contributed by atoms with Gasteiger partial charge in [0, 0.05) is 22.6 Å². The van der Waals surface area contributed by atoms with Gasteiger partial charge in [0.25, 0.3) is 0 Å². The average molecular weight is 299 g/mol. The fourth-order valence-electron chi connectivity index (χ4n) is 2.88. The highest BCUT2D eigenvalue weighted by molar-refractivity contribution is 7.98. The number of hydrogen-bond donors (Lipinski definition) is 1. The first kappa shape index (κ1) is 14.3. The van der Waals surface area contributed by atoms with E-state index in [2.05, 4.69) is 67.9 Å². The summed E-state index contributed by atoms with van der Waals surface area (Å²) in [4.78, 5) is 1.28. The Balaban J connectivity index is 1.95. The summed E-state index contributed by atoms with van der Waals surface area (Å²) in [7, 11) is 0. The van der Waals surface area contributed by atoms with E-state index < -0.39 is 0 Å². The van der Waals surface area contributed by atoms with Crippen molar-refractivity contribution in [3.63, 3.8) is 0 Å². The Kier molecular flexibility index (Phi) is 3.85. The predicted octanol–water partition coefficient (Wildman–Crippen LogP) is 5.12. The van der Waals surface area contributed by atoms with Crippen molar-refractivity contribution in [1.82, 2.24) is 0 Å². The van der Waals surface area contributed by atoms with Gasteiger partial charge < -0.3 is 10.1 Å². The summed E-state index contributed by atoms with van der Waals surface area (Å²) in [5.41, 5.74) is 2.29. The quantitative estimate of drug-likeness (QED) is 0.795. The molecule has 0 amide bonds. The lowest BCUT2D eigenvalue weighted by Crippen LogP contribution is -2.37. The first-order valence-corrected chi connectivity index (χ1v) is 8.49. The maximum absolute atomic E-state index is 6.10. The van der Waals surface area contributed by atoms with Crippen molar-refractivity contribution in [2.24, 2.45) is 0 Å². The zero-order valence-electron chi connectivity index (χ0n) is 12.7. The SMILES string of the molecule is CSc1ccccc1NC1CC(C)(C)Oc2ccccc21. The molecule has 1 heterocycles. The second-order valence-corrected chi connectivity index (χ2v) is 6.85. The molecule has 0 fully saturated rings. The molecule has 0 saturated heterocycles. The Hall–Kier alpha value is -1.61. The molecular formula is C18H21NOS. The molecule has 0 radical (unpaired) electrons. The lowest BCUT2D eigenvalue weighted by atomic mass is 9.89. The van der Waals surface area contributed by atoms with Crippen LogP contribution in [-0.4, -0.2) is 11.9 Å². The molecule has 1 unspecified atom stereocenters. The Bertz CT molecular complexity index is 639. The molecular weight excluding hydrogens is 278 g/mol. The molecule has 1 aliphatic heterocycles. The van der Waals surface area contributed by atoms with Gasteiger partial charge in [-0.1, -0.05) is 30.3 Å². The molecule has 1 N–H and O–H groups in total. The van der Waals surface area contributed by atoms with Gasteiger partial charge in [-0.15, -0.1) is 11.8 Å². The van der Waals surface area contributed by atoms with Gasteiger partial charge >= 0.3 is 0 Å². The van der Waals surface area contributed by atoms with Crippen LogP contribution in [0.3, 0.4) is 0 Å². The molecule has 110 valence electrons. The number of hydrogen-bond acceptors (Lipinski definition) is 3. The van der Waals surface area contributed by atoms with Gasteiger partial charge in [0.2, 0.25) is 0 Å². The number of fused-ring (bicyclic) bond motifs is 1. The highest BCUT2D eigenvalue weighted by atomic mass is 32.2. The van der Waals surface area contributed by atoms with Crippen molar-refractivity contribution in [3.05, 3.63) is 54.1 Å². The van der Waals surface area contributed by atoms with E-state index in [-0.39, 0.29) is 11.6 Å². The second kappa shape index (κ2) is 5.64. The molecule has 0 aromatic heterocycles. The number of rotatable bonds is 3. The van der Waals surface area contributed by atoms with E-state index in [1.165, 1.54) is 16.1 Å². The topological polar surface area (TPSA) is 21.3 Å². The van der Waals surface area contributed by atoms with E-state index in [1.807, 2.05) is 6.07 Å². The van der Waals surface area contributed by atoms with Crippen molar-refractivity contribution in [3.8, 4) is 5.75 Å². The van der Waals surface area contributed by atoms with E-state index in [1.54, 1.807) is 11.8 Å². The minimum atomic E-state index is -0.152. The highest BCUT2D eigenvalue weighted by Gasteiger charge is 2.33. The third-order valence-electron chi connectivity index (χ3n) is 3.81. The lowest BCUT2D eigenvalue weighted by Gasteiger charge is -2.38. The Morgan fingerprint density at radius 1 is 1.10 bits per heavy atom. The van der Waals surface area contributed by atoms with Gasteiger partial charge in [0.15, 0.2) is 0 Å². The minimum absolute atomic E-state index is 0.152.